The predicted molar refractivity (Wildman–Crippen MR) is 113 cm³/mol. The molecule has 2 aromatic carbocycles. The summed E-state index contributed by atoms with van der Waals surface area (Å²) < 4.78 is 13.0. The fourth-order valence-electron chi connectivity index (χ4n) is 2.88. The molecule has 1 heterocycles. The Balaban J connectivity index is 1.65. The number of rotatable bonds is 6. The van der Waals surface area contributed by atoms with Gasteiger partial charge in [0.15, 0.2) is 0 Å². The number of hydrogen-bond acceptors (Lipinski definition) is 4. The first-order valence-electron chi connectivity index (χ1n) is 9.18. The lowest BCUT2D eigenvalue weighted by atomic mass is 10.1. The van der Waals surface area contributed by atoms with Gasteiger partial charge in [0.05, 0.1) is 23.7 Å². The van der Waals surface area contributed by atoms with Gasteiger partial charge in [0.25, 0.3) is 5.91 Å². The van der Waals surface area contributed by atoms with Gasteiger partial charge in [-0.25, -0.2) is 9.37 Å². The second kappa shape index (κ2) is 8.96. The third kappa shape index (κ3) is 5.48. The van der Waals surface area contributed by atoms with Crippen molar-refractivity contribution in [1.29, 1.82) is 0 Å². The summed E-state index contributed by atoms with van der Waals surface area (Å²) in [6.45, 7) is 6.13. The maximum Gasteiger partial charge on any atom is 0.251 e. The highest BCUT2D eigenvalue weighted by Crippen LogP contribution is 2.19. The maximum atomic E-state index is 13.0. The standard InChI is InChI=1S/C22H22FN3O2S/c1-13-4-7-17(22(28)24-12-20-14(2)25-15(3)29-20)11-19(13)26-21(27)10-16-5-8-18(23)9-6-16/h4-9,11H,10,12H2,1-3H3,(H,24,28)(H,26,27). The van der Waals surface area contributed by atoms with E-state index in [0.717, 1.165) is 21.1 Å². The molecule has 0 spiro atoms. The minimum atomic E-state index is -0.340. The van der Waals surface area contributed by atoms with E-state index in [-0.39, 0.29) is 24.1 Å². The lowest BCUT2D eigenvalue weighted by molar-refractivity contribution is -0.115. The zero-order chi connectivity index (χ0) is 21.0. The summed E-state index contributed by atoms with van der Waals surface area (Å²) >= 11 is 1.56. The minimum Gasteiger partial charge on any atom is -0.347 e. The minimum absolute atomic E-state index is 0.125. The van der Waals surface area contributed by atoms with Crippen LogP contribution in [-0.2, 0) is 17.8 Å². The van der Waals surface area contributed by atoms with Gasteiger partial charge in [0.1, 0.15) is 5.82 Å². The van der Waals surface area contributed by atoms with Gasteiger partial charge in [-0.05, 0) is 56.2 Å². The van der Waals surface area contributed by atoms with Crippen LogP contribution in [0, 0.1) is 26.6 Å². The van der Waals surface area contributed by atoms with Crippen molar-refractivity contribution in [2.45, 2.75) is 33.7 Å². The number of benzene rings is 2. The van der Waals surface area contributed by atoms with Crippen molar-refractivity contribution in [3.8, 4) is 0 Å². The number of halogens is 1. The van der Waals surface area contributed by atoms with Gasteiger partial charge in [-0.15, -0.1) is 11.3 Å². The normalized spacial score (nSPS) is 10.6. The highest BCUT2D eigenvalue weighted by Gasteiger charge is 2.12. The van der Waals surface area contributed by atoms with Gasteiger partial charge in [0, 0.05) is 16.1 Å². The van der Waals surface area contributed by atoms with Gasteiger partial charge < -0.3 is 10.6 Å². The Morgan fingerprint density at radius 1 is 1.07 bits per heavy atom. The molecular weight excluding hydrogens is 389 g/mol. The molecule has 0 aliphatic heterocycles. The third-order valence-electron chi connectivity index (χ3n) is 4.46. The molecule has 3 rings (SSSR count). The Morgan fingerprint density at radius 2 is 1.79 bits per heavy atom. The number of aromatic nitrogens is 1. The van der Waals surface area contributed by atoms with Crippen LogP contribution in [0.5, 0.6) is 0 Å². The highest BCUT2D eigenvalue weighted by molar-refractivity contribution is 7.11. The van der Waals surface area contributed by atoms with Crippen molar-refractivity contribution in [2.75, 3.05) is 5.32 Å². The fourth-order valence-corrected chi connectivity index (χ4v) is 3.76. The Bertz CT molecular complexity index is 1040. The van der Waals surface area contributed by atoms with Crippen LogP contribution in [0.25, 0.3) is 0 Å². The predicted octanol–water partition coefficient (Wildman–Crippen LogP) is 4.32. The number of carbonyl (C=O) groups excluding carboxylic acids is 2. The summed E-state index contributed by atoms with van der Waals surface area (Å²) in [6.07, 6.45) is 0.125. The van der Waals surface area contributed by atoms with Crippen LogP contribution in [0.1, 0.15) is 37.1 Å². The Morgan fingerprint density at radius 3 is 2.45 bits per heavy atom. The molecule has 0 atom stereocenters. The Kier molecular flexibility index (Phi) is 6.39. The van der Waals surface area contributed by atoms with Gasteiger partial charge in [-0.2, -0.15) is 0 Å². The van der Waals surface area contributed by atoms with E-state index in [1.165, 1.54) is 12.1 Å². The number of nitrogens with one attached hydrogen (secondary N) is 2. The summed E-state index contributed by atoms with van der Waals surface area (Å²) in [5.74, 6) is -0.787. The molecule has 3 aromatic rings. The van der Waals surface area contributed by atoms with Gasteiger partial charge in [-0.1, -0.05) is 18.2 Å². The molecular formula is C22H22FN3O2S. The van der Waals surface area contributed by atoms with E-state index < -0.39 is 0 Å². The van der Waals surface area contributed by atoms with Crippen LogP contribution in [0.2, 0.25) is 0 Å². The number of aryl methyl sites for hydroxylation is 3. The highest BCUT2D eigenvalue weighted by atomic mass is 32.1. The van der Waals surface area contributed by atoms with Gasteiger partial charge in [0.2, 0.25) is 5.91 Å². The van der Waals surface area contributed by atoms with Crippen LogP contribution in [0.15, 0.2) is 42.5 Å². The lowest BCUT2D eigenvalue weighted by Crippen LogP contribution is -2.23. The van der Waals surface area contributed by atoms with E-state index in [1.54, 1.807) is 41.7 Å². The number of anilines is 1. The second-order valence-corrected chi connectivity index (χ2v) is 8.09. The van der Waals surface area contributed by atoms with E-state index in [2.05, 4.69) is 15.6 Å². The van der Waals surface area contributed by atoms with Crippen LogP contribution in [0.3, 0.4) is 0 Å². The molecule has 2 amide bonds. The SMILES string of the molecule is Cc1nc(C)c(CNC(=O)c2ccc(C)c(NC(=O)Cc3ccc(F)cc3)c2)s1. The molecule has 0 saturated carbocycles. The van der Waals surface area contributed by atoms with Gasteiger partial charge >= 0.3 is 0 Å². The van der Waals surface area contributed by atoms with Crippen LogP contribution < -0.4 is 10.6 Å². The molecule has 29 heavy (non-hydrogen) atoms. The van der Waals surface area contributed by atoms with Gasteiger partial charge in [-0.3, -0.25) is 9.59 Å². The number of hydrogen-bond donors (Lipinski definition) is 2. The summed E-state index contributed by atoms with van der Waals surface area (Å²) in [6, 6.07) is 11.0. The zero-order valence-corrected chi connectivity index (χ0v) is 17.3. The zero-order valence-electron chi connectivity index (χ0n) is 16.5. The monoisotopic (exact) mass is 411 g/mol. The van der Waals surface area contributed by atoms with E-state index in [9.17, 15) is 14.0 Å². The molecule has 0 fully saturated rings. The molecule has 0 aliphatic carbocycles. The number of nitrogens with zero attached hydrogens (tertiary/aromatic N) is 1. The summed E-state index contributed by atoms with van der Waals surface area (Å²) in [5, 5.41) is 6.70. The topological polar surface area (TPSA) is 71.1 Å². The Labute approximate surface area is 173 Å². The molecule has 0 unspecified atom stereocenters. The summed E-state index contributed by atoms with van der Waals surface area (Å²) in [5.41, 5.74) is 3.53. The first-order chi connectivity index (χ1) is 13.8. The molecule has 0 saturated heterocycles. The summed E-state index contributed by atoms with van der Waals surface area (Å²) in [4.78, 5) is 30.3. The van der Waals surface area contributed by atoms with E-state index in [0.29, 0.717) is 23.4 Å². The average molecular weight is 412 g/mol. The molecule has 1 aromatic heterocycles. The van der Waals surface area contributed by atoms with Crippen LogP contribution in [0.4, 0.5) is 10.1 Å². The van der Waals surface area contributed by atoms with Crippen LogP contribution >= 0.6 is 11.3 Å². The number of amides is 2. The molecule has 0 aliphatic rings. The van der Waals surface area contributed by atoms with Crippen molar-refractivity contribution in [1.82, 2.24) is 10.3 Å². The average Bonchev–Trinajstić information content (AvgIpc) is 3.00. The molecule has 0 radical (unpaired) electrons. The van der Waals surface area contributed by atoms with Crippen molar-refractivity contribution >= 4 is 28.8 Å². The maximum absolute atomic E-state index is 13.0. The molecule has 5 nitrogen and oxygen atoms in total. The van der Waals surface area contributed by atoms with Crippen molar-refractivity contribution in [3.63, 3.8) is 0 Å². The lowest BCUT2D eigenvalue weighted by Gasteiger charge is -2.11. The quantitative estimate of drug-likeness (QED) is 0.635. The first kappa shape index (κ1) is 20.7. The van der Waals surface area contributed by atoms with Crippen molar-refractivity contribution in [2.24, 2.45) is 0 Å². The Hall–Kier alpha value is -3.06. The second-order valence-electron chi connectivity index (χ2n) is 6.81. The van der Waals surface area contributed by atoms with Crippen molar-refractivity contribution in [3.05, 3.63) is 80.6 Å². The number of carbonyl (C=O) groups is 2. The van der Waals surface area contributed by atoms with E-state index in [1.807, 2.05) is 20.8 Å². The smallest absolute Gasteiger partial charge is 0.251 e. The fraction of sp³-hybridized carbons (Fsp3) is 0.227. The first-order valence-corrected chi connectivity index (χ1v) is 9.99. The summed E-state index contributed by atoms with van der Waals surface area (Å²) in [7, 11) is 0. The molecule has 0 bridgehead atoms. The van der Waals surface area contributed by atoms with E-state index in [4.69, 9.17) is 0 Å². The van der Waals surface area contributed by atoms with E-state index >= 15 is 0 Å². The molecule has 150 valence electrons. The van der Waals surface area contributed by atoms with Crippen LogP contribution in [-0.4, -0.2) is 16.8 Å². The molecule has 2 N–H and O–H groups in total. The number of thiazole rings is 1. The molecule has 7 heteroatoms. The third-order valence-corrected chi connectivity index (χ3v) is 5.53. The van der Waals surface area contributed by atoms with Crippen molar-refractivity contribution < 1.29 is 14.0 Å². The largest absolute Gasteiger partial charge is 0.347 e.